The third kappa shape index (κ3) is 2.87. The van der Waals surface area contributed by atoms with Crippen molar-refractivity contribution in [3.63, 3.8) is 0 Å². The molecular formula is C21H24BrN5O2. The summed E-state index contributed by atoms with van der Waals surface area (Å²) in [7, 11) is 1.67. The second-order valence-corrected chi connectivity index (χ2v) is 8.68. The molecule has 5 rings (SSSR count). The lowest BCUT2D eigenvalue weighted by atomic mass is 9.99. The fourth-order valence-electron chi connectivity index (χ4n) is 4.78. The number of anilines is 1. The first-order chi connectivity index (χ1) is 14.0. The van der Waals surface area contributed by atoms with E-state index in [1.165, 1.54) is 12.8 Å². The van der Waals surface area contributed by atoms with Gasteiger partial charge in [-0.15, -0.1) is 0 Å². The molecule has 3 heterocycles. The molecule has 29 heavy (non-hydrogen) atoms. The molecule has 1 aliphatic carbocycles. The molecule has 0 radical (unpaired) electrons. The molecule has 0 bridgehead atoms. The Morgan fingerprint density at radius 1 is 1.28 bits per heavy atom. The molecule has 3 aliphatic rings. The van der Waals surface area contributed by atoms with Crippen molar-refractivity contribution >= 4 is 33.6 Å². The highest BCUT2D eigenvalue weighted by molar-refractivity contribution is 9.10. The van der Waals surface area contributed by atoms with E-state index in [9.17, 15) is 4.79 Å². The van der Waals surface area contributed by atoms with E-state index < -0.39 is 0 Å². The van der Waals surface area contributed by atoms with Gasteiger partial charge in [0.25, 0.3) is 5.91 Å². The predicted molar refractivity (Wildman–Crippen MR) is 115 cm³/mol. The molecular weight excluding hydrogens is 434 g/mol. The Kier molecular flexibility index (Phi) is 4.42. The van der Waals surface area contributed by atoms with E-state index in [0.717, 1.165) is 42.5 Å². The van der Waals surface area contributed by atoms with Crippen molar-refractivity contribution in [2.45, 2.75) is 44.7 Å². The summed E-state index contributed by atoms with van der Waals surface area (Å²) in [5.41, 5.74) is 1.52. The van der Waals surface area contributed by atoms with Crippen LogP contribution in [0, 0.1) is 0 Å². The Labute approximate surface area is 178 Å². The van der Waals surface area contributed by atoms with E-state index in [1.54, 1.807) is 12.0 Å². The second kappa shape index (κ2) is 6.86. The van der Waals surface area contributed by atoms with E-state index in [1.807, 2.05) is 25.1 Å². The maximum atomic E-state index is 13.2. The van der Waals surface area contributed by atoms with Crippen LogP contribution in [-0.2, 0) is 6.54 Å². The molecule has 1 saturated carbocycles. The lowest BCUT2D eigenvalue weighted by molar-refractivity contribution is 0.0841. The number of carbonyl (C=O) groups excluding carboxylic acids is 1. The van der Waals surface area contributed by atoms with Crippen LogP contribution in [0.15, 0.2) is 34.0 Å². The maximum absolute atomic E-state index is 13.2. The van der Waals surface area contributed by atoms with Gasteiger partial charge in [0.15, 0.2) is 10.4 Å². The summed E-state index contributed by atoms with van der Waals surface area (Å²) in [4.78, 5) is 26.9. The highest BCUT2D eigenvalue weighted by Crippen LogP contribution is 2.43. The van der Waals surface area contributed by atoms with Crippen LogP contribution in [0.3, 0.4) is 0 Å². The fourth-order valence-corrected chi connectivity index (χ4v) is 5.25. The van der Waals surface area contributed by atoms with Crippen molar-refractivity contribution in [3.8, 4) is 5.75 Å². The van der Waals surface area contributed by atoms with Crippen molar-refractivity contribution in [1.29, 1.82) is 0 Å². The summed E-state index contributed by atoms with van der Waals surface area (Å²) in [6.45, 7) is 3.99. The van der Waals surface area contributed by atoms with Crippen LogP contribution in [0.5, 0.6) is 5.75 Å². The minimum Gasteiger partial charge on any atom is -0.497 e. The lowest BCUT2D eigenvalue weighted by Gasteiger charge is -2.34. The van der Waals surface area contributed by atoms with Crippen LogP contribution in [0.1, 0.15) is 48.7 Å². The van der Waals surface area contributed by atoms with E-state index in [4.69, 9.17) is 9.73 Å². The van der Waals surface area contributed by atoms with E-state index in [-0.39, 0.29) is 11.4 Å². The highest BCUT2D eigenvalue weighted by atomic mass is 79.9. The van der Waals surface area contributed by atoms with Crippen LogP contribution < -0.4 is 9.64 Å². The van der Waals surface area contributed by atoms with E-state index in [2.05, 4.69) is 36.4 Å². The van der Waals surface area contributed by atoms with Gasteiger partial charge in [-0.05, 0) is 53.4 Å². The van der Waals surface area contributed by atoms with Crippen molar-refractivity contribution in [1.82, 2.24) is 14.5 Å². The molecule has 1 aromatic carbocycles. The van der Waals surface area contributed by atoms with Gasteiger partial charge >= 0.3 is 0 Å². The molecule has 1 fully saturated rings. The maximum Gasteiger partial charge on any atom is 0.283 e. The van der Waals surface area contributed by atoms with Crippen LogP contribution >= 0.6 is 15.9 Å². The Morgan fingerprint density at radius 2 is 2.07 bits per heavy atom. The zero-order chi connectivity index (χ0) is 20.2. The first kappa shape index (κ1) is 18.7. The van der Waals surface area contributed by atoms with E-state index in [0.29, 0.717) is 23.5 Å². The number of fused-ring (bicyclic) bond motifs is 3. The van der Waals surface area contributed by atoms with Gasteiger partial charge in [0, 0.05) is 6.54 Å². The molecule has 152 valence electrons. The number of hydrogen-bond donors (Lipinski definition) is 0. The SMILES string of the molecule is CCN1C(=O)c2nc(Br)n(Cc3cccc(OC)c3)c2N2CC3(CCCC3)N=C12. The normalized spacial score (nSPS) is 19.6. The van der Waals surface area contributed by atoms with Gasteiger partial charge in [-0.25, -0.2) is 9.98 Å². The number of hydrogen-bond acceptors (Lipinski definition) is 5. The van der Waals surface area contributed by atoms with Crippen LogP contribution in [0.4, 0.5) is 5.82 Å². The number of benzene rings is 1. The zero-order valence-electron chi connectivity index (χ0n) is 16.7. The Balaban J connectivity index is 1.60. The predicted octanol–water partition coefficient (Wildman–Crippen LogP) is 3.67. The molecule has 2 aliphatic heterocycles. The first-order valence-corrected chi connectivity index (χ1v) is 10.9. The number of imidazole rings is 1. The summed E-state index contributed by atoms with van der Waals surface area (Å²) in [5.74, 6) is 2.37. The van der Waals surface area contributed by atoms with Crippen molar-refractivity contribution in [3.05, 3.63) is 40.3 Å². The quantitative estimate of drug-likeness (QED) is 0.702. The molecule has 1 amide bonds. The molecule has 1 spiro atoms. The number of halogens is 1. The van der Waals surface area contributed by atoms with Crippen molar-refractivity contribution in [2.24, 2.45) is 4.99 Å². The number of guanidine groups is 1. The number of methoxy groups -OCH3 is 1. The standard InChI is InChI=1S/C21H24BrN5O2/c1-3-25-18(28)16-17(27-13-21(24-20(25)27)9-4-5-10-21)26(19(22)23-16)12-14-7-6-8-15(11-14)29-2/h6-8,11H,3-5,9-10,12-13H2,1-2H3. The number of aliphatic imine (C=N–C) groups is 1. The number of aromatic nitrogens is 2. The van der Waals surface area contributed by atoms with Gasteiger partial charge < -0.3 is 4.74 Å². The van der Waals surface area contributed by atoms with Gasteiger partial charge in [0.1, 0.15) is 11.6 Å². The number of ether oxygens (including phenoxy) is 1. The summed E-state index contributed by atoms with van der Waals surface area (Å²) in [5, 5.41) is 0. The fraction of sp³-hybridized carbons (Fsp3) is 0.476. The number of carbonyl (C=O) groups is 1. The van der Waals surface area contributed by atoms with Gasteiger partial charge in [-0.1, -0.05) is 25.0 Å². The largest absolute Gasteiger partial charge is 0.497 e. The van der Waals surface area contributed by atoms with Crippen molar-refractivity contribution < 1.29 is 9.53 Å². The number of amides is 1. The molecule has 0 atom stereocenters. The summed E-state index contributed by atoms with van der Waals surface area (Å²) in [6.07, 6.45) is 4.56. The average molecular weight is 458 g/mol. The van der Waals surface area contributed by atoms with Crippen LogP contribution in [0.25, 0.3) is 0 Å². The number of rotatable bonds is 4. The van der Waals surface area contributed by atoms with Crippen molar-refractivity contribution in [2.75, 3.05) is 25.1 Å². The Hall–Kier alpha value is -2.35. The third-order valence-corrected chi connectivity index (χ3v) is 6.80. The smallest absolute Gasteiger partial charge is 0.283 e. The molecule has 2 aromatic rings. The first-order valence-electron chi connectivity index (χ1n) is 10.1. The highest BCUT2D eigenvalue weighted by Gasteiger charge is 2.49. The van der Waals surface area contributed by atoms with Gasteiger partial charge in [0.2, 0.25) is 5.96 Å². The minimum atomic E-state index is -0.0716. The van der Waals surface area contributed by atoms with E-state index >= 15 is 0 Å². The topological polar surface area (TPSA) is 63.0 Å². The minimum absolute atomic E-state index is 0.0673. The molecule has 0 N–H and O–H groups in total. The summed E-state index contributed by atoms with van der Waals surface area (Å²) >= 11 is 3.60. The third-order valence-electron chi connectivity index (χ3n) is 6.20. The molecule has 0 unspecified atom stereocenters. The molecule has 7 nitrogen and oxygen atoms in total. The average Bonchev–Trinajstić information content (AvgIpc) is 3.41. The summed E-state index contributed by atoms with van der Waals surface area (Å²) < 4.78 is 8.09. The van der Waals surface area contributed by atoms with Crippen LogP contribution in [0.2, 0.25) is 0 Å². The van der Waals surface area contributed by atoms with Crippen LogP contribution in [-0.4, -0.2) is 52.1 Å². The van der Waals surface area contributed by atoms with Gasteiger partial charge in [0.05, 0.1) is 25.7 Å². The Morgan fingerprint density at radius 3 is 2.79 bits per heavy atom. The monoisotopic (exact) mass is 457 g/mol. The zero-order valence-corrected chi connectivity index (χ0v) is 18.3. The molecule has 0 saturated heterocycles. The number of nitrogens with zero attached hydrogens (tertiary/aromatic N) is 5. The Bertz CT molecular complexity index is 1010. The summed E-state index contributed by atoms with van der Waals surface area (Å²) in [6, 6.07) is 7.98. The molecule has 8 heteroatoms. The lowest BCUT2D eigenvalue weighted by Crippen LogP contribution is -2.51. The second-order valence-electron chi connectivity index (χ2n) is 7.97. The van der Waals surface area contributed by atoms with Gasteiger partial charge in [-0.2, -0.15) is 0 Å². The van der Waals surface area contributed by atoms with Gasteiger partial charge in [-0.3, -0.25) is 19.2 Å². The molecule has 1 aromatic heterocycles.